The highest BCUT2D eigenvalue weighted by Gasteiger charge is 2.04. The van der Waals surface area contributed by atoms with Crippen molar-refractivity contribution in [2.75, 3.05) is 12.4 Å². The minimum Gasteiger partial charge on any atom is -0.508 e. The second kappa shape index (κ2) is 5.71. The normalized spacial score (nSPS) is 10.2. The highest BCUT2D eigenvalue weighted by atomic mass is 35.5. The molecule has 2 aromatic rings. The number of hydrogen-bond donors (Lipinski definition) is 3. The molecule has 0 aromatic heterocycles. The second-order valence-electron chi connectivity index (χ2n) is 4.01. The van der Waals surface area contributed by atoms with E-state index in [1.807, 2.05) is 0 Å². The molecule has 5 heteroatoms. The fourth-order valence-corrected chi connectivity index (χ4v) is 1.83. The molecule has 0 saturated heterocycles. The highest BCUT2D eigenvalue weighted by Crippen LogP contribution is 2.27. The Bertz CT molecular complexity index is 587. The van der Waals surface area contributed by atoms with Crippen LogP contribution in [0.5, 0.6) is 17.2 Å². The van der Waals surface area contributed by atoms with Crippen molar-refractivity contribution in [3.8, 4) is 17.2 Å². The average molecular weight is 280 g/mol. The van der Waals surface area contributed by atoms with Crippen LogP contribution in [0.15, 0.2) is 36.4 Å². The molecular weight excluding hydrogens is 266 g/mol. The summed E-state index contributed by atoms with van der Waals surface area (Å²) >= 11 is 5.82. The maximum Gasteiger partial charge on any atom is 0.134 e. The Morgan fingerprint density at radius 2 is 1.84 bits per heavy atom. The monoisotopic (exact) mass is 279 g/mol. The van der Waals surface area contributed by atoms with Crippen LogP contribution in [0.25, 0.3) is 0 Å². The van der Waals surface area contributed by atoms with Crippen molar-refractivity contribution in [1.82, 2.24) is 0 Å². The van der Waals surface area contributed by atoms with Gasteiger partial charge in [0.15, 0.2) is 0 Å². The van der Waals surface area contributed by atoms with E-state index < -0.39 is 0 Å². The minimum atomic E-state index is 0.0384. The van der Waals surface area contributed by atoms with Gasteiger partial charge in [0.05, 0.1) is 12.1 Å². The second-order valence-corrected chi connectivity index (χ2v) is 4.42. The lowest BCUT2D eigenvalue weighted by Crippen LogP contribution is -2.00. The first-order chi connectivity index (χ1) is 9.10. The fraction of sp³-hybridized carbons (Fsp3) is 0.143. The first-order valence-corrected chi connectivity index (χ1v) is 6.06. The van der Waals surface area contributed by atoms with Crippen molar-refractivity contribution >= 4 is 17.3 Å². The summed E-state index contributed by atoms with van der Waals surface area (Å²) in [6.07, 6.45) is 0. The Morgan fingerprint density at radius 3 is 2.53 bits per heavy atom. The van der Waals surface area contributed by atoms with Gasteiger partial charge in [0, 0.05) is 17.8 Å². The molecule has 0 aliphatic rings. The van der Waals surface area contributed by atoms with Crippen molar-refractivity contribution in [1.29, 1.82) is 0 Å². The summed E-state index contributed by atoms with van der Waals surface area (Å²) in [5.74, 6) is 0.910. The third-order valence-electron chi connectivity index (χ3n) is 2.72. The Balaban J connectivity index is 2.11. The van der Waals surface area contributed by atoms with Crippen LogP contribution in [0.2, 0.25) is 5.02 Å². The van der Waals surface area contributed by atoms with Crippen molar-refractivity contribution in [3.05, 3.63) is 47.0 Å². The van der Waals surface area contributed by atoms with E-state index in [1.54, 1.807) is 37.4 Å². The topological polar surface area (TPSA) is 61.7 Å². The van der Waals surface area contributed by atoms with E-state index in [2.05, 4.69) is 5.32 Å². The van der Waals surface area contributed by atoms with Crippen molar-refractivity contribution in [2.45, 2.75) is 6.54 Å². The molecule has 0 heterocycles. The fourth-order valence-electron chi connectivity index (χ4n) is 1.64. The summed E-state index contributed by atoms with van der Waals surface area (Å²) in [4.78, 5) is 0. The third-order valence-corrected chi connectivity index (χ3v) is 3.02. The molecule has 0 spiro atoms. The largest absolute Gasteiger partial charge is 0.508 e. The number of methoxy groups -OCH3 is 1. The Kier molecular flexibility index (Phi) is 4.02. The van der Waals surface area contributed by atoms with Crippen LogP contribution < -0.4 is 10.1 Å². The van der Waals surface area contributed by atoms with E-state index >= 15 is 0 Å². The van der Waals surface area contributed by atoms with Crippen LogP contribution >= 0.6 is 11.6 Å². The van der Waals surface area contributed by atoms with Crippen molar-refractivity contribution in [3.63, 3.8) is 0 Å². The molecule has 0 aliphatic carbocycles. The maximum atomic E-state index is 9.75. The first-order valence-electron chi connectivity index (χ1n) is 5.68. The van der Waals surface area contributed by atoms with Gasteiger partial charge in [0.25, 0.3) is 0 Å². The van der Waals surface area contributed by atoms with Gasteiger partial charge in [0.2, 0.25) is 0 Å². The van der Waals surface area contributed by atoms with Gasteiger partial charge in [-0.25, -0.2) is 0 Å². The van der Waals surface area contributed by atoms with Crippen molar-refractivity contribution < 1.29 is 14.9 Å². The van der Waals surface area contributed by atoms with Crippen LogP contribution in [-0.2, 0) is 6.54 Å². The number of anilines is 1. The third kappa shape index (κ3) is 3.23. The summed E-state index contributed by atoms with van der Waals surface area (Å²) in [6.45, 7) is 0.421. The SMILES string of the molecule is COc1ccc(O)c(CNc2ccc(O)c(Cl)c2)c1. The number of aromatic hydroxyl groups is 2. The molecule has 0 saturated carbocycles. The van der Waals surface area contributed by atoms with Gasteiger partial charge < -0.3 is 20.3 Å². The lowest BCUT2D eigenvalue weighted by atomic mass is 10.2. The smallest absolute Gasteiger partial charge is 0.134 e. The van der Waals surface area contributed by atoms with Gasteiger partial charge >= 0.3 is 0 Å². The standard InChI is InChI=1S/C14H14ClNO3/c1-19-11-3-5-13(17)9(6-11)8-16-10-2-4-14(18)12(15)7-10/h2-7,16-18H,8H2,1H3. The number of phenols is 2. The zero-order valence-electron chi connectivity index (χ0n) is 10.4. The molecular formula is C14H14ClNO3. The molecule has 0 unspecified atom stereocenters. The molecule has 0 radical (unpaired) electrons. The molecule has 0 aliphatic heterocycles. The first kappa shape index (κ1) is 13.4. The predicted octanol–water partition coefficient (Wildman–Crippen LogP) is 3.37. The molecule has 0 atom stereocenters. The zero-order chi connectivity index (χ0) is 13.8. The number of rotatable bonds is 4. The van der Waals surface area contributed by atoms with Gasteiger partial charge in [-0.1, -0.05) is 11.6 Å². The predicted molar refractivity (Wildman–Crippen MR) is 75.1 cm³/mol. The Labute approximate surface area is 116 Å². The van der Waals surface area contributed by atoms with Crippen LogP contribution in [0.4, 0.5) is 5.69 Å². The molecule has 3 N–H and O–H groups in total. The van der Waals surface area contributed by atoms with E-state index in [4.69, 9.17) is 16.3 Å². The number of phenolic OH excluding ortho intramolecular Hbond substituents is 2. The van der Waals surface area contributed by atoms with Crippen LogP contribution in [0, 0.1) is 0 Å². The molecule has 0 bridgehead atoms. The Morgan fingerprint density at radius 1 is 1.11 bits per heavy atom. The maximum absolute atomic E-state index is 9.75. The van der Waals surface area contributed by atoms with E-state index in [1.165, 1.54) is 6.07 Å². The molecule has 0 amide bonds. The Hall–Kier alpha value is -2.07. The molecule has 100 valence electrons. The van der Waals surface area contributed by atoms with Crippen LogP contribution in [0.1, 0.15) is 5.56 Å². The summed E-state index contributed by atoms with van der Waals surface area (Å²) in [5, 5.41) is 22.5. The molecule has 19 heavy (non-hydrogen) atoms. The molecule has 2 rings (SSSR count). The van der Waals surface area contributed by atoms with Gasteiger partial charge in [-0.3, -0.25) is 0 Å². The van der Waals surface area contributed by atoms with Gasteiger partial charge in [-0.15, -0.1) is 0 Å². The zero-order valence-corrected chi connectivity index (χ0v) is 11.1. The summed E-state index contributed by atoms with van der Waals surface area (Å²) in [5.41, 5.74) is 1.47. The highest BCUT2D eigenvalue weighted by molar-refractivity contribution is 6.32. The van der Waals surface area contributed by atoms with Gasteiger partial charge in [0.1, 0.15) is 17.2 Å². The quantitative estimate of drug-likeness (QED) is 0.751. The van der Waals surface area contributed by atoms with Crippen molar-refractivity contribution in [2.24, 2.45) is 0 Å². The number of ether oxygens (including phenoxy) is 1. The lowest BCUT2D eigenvalue weighted by molar-refractivity contribution is 0.411. The number of hydrogen-bond acceptors (Lipinski definition) is 4. The van der Waals surface area contributed by atoms with Gasteiger partial charge in [-0.2, -0.15) is 0 Å². The van der Waals surface area contributed by atoms with Crippen LogP contribution in [-0.4, -0.2) is 17.3 Å². The molecule has 2 aromatic carbocycles. The van der Waals surface area contributed by atoms with E-state index in [-0.39, 0.29) is 16.5 Å². The molecule has 4 nitrogen and oxygen atoms in total. The van der Waals surface area contributed by atoms with Gasteiger partial charge in [-0.05, 0) is 36.4 Å². The lowest BCUT2D eigenvalue weighted by Gasteiger charge is -2.10. The average Bonchev–Trinajstić information content (AvgIpc) is 2.41. The van der Waals surface area contributed by atoms with E-state index in [0.29, 0.717) is 17.9 Å². The summed E-state index contributed by atoms with van der Waals surface area (Å²) in [6, 6.07) is 9.86. The number of nitrogens with one attached hydrogen (secondary N) is 1. The summed E-state index contributed by atoms with van der Waals surface area (Å²) < 4.78 is 5.10. The van der Waals surface area contributed by atoms with E-state index in [9.17, 15) is 10.2 Å². The number of benzene rings is 2. The van der Waals surface area contributed by atoms with E-state index in [0.717, 1.165) is 5.69 Å². The molecule has 0 fully saturated rings. The minimum absolute atomic E-state index is 0.0384. The van der Waals surface area contributed by atoms with Crippen LogP contribution in [0.3, 0.4) is 0 Å². The summed E-state index contributed by atoms with van der Waals surface area (Å²) in [7, 11) is 1.57. The number of halogens is 1.